The summed E-state index contributed by atoms with van der Waals surface area (Å²) < 4.78 is 0. The number of amides is 4. The standard InChI is InChI=1S/C29H34N6O2/c1-23-12-13-24(30-28(36)34-18-14-32(15-19-34)25-8-4-2-5-9-25)22-27(23)31-29(37)35-20-16-33(17-21-35)26-10-6-3-7-11-26/h2-13,22H,14-21H2,1H3,(H,30,36)(H,31,37). The molecule has 0 aromatic heterocycles. The van der Waals surface area contributed by atoms with Crippen LogP contribution in [0.2, 0.25) is 0 Å². The van der Waals surface area contributed by atoms with Crippen LogP contribution < -0.4 is 20.4 Å². The van der Waals surface area contributed by atoms with Gasteiger partial charge in [0.15, 0.2) is 0 Å². The van der Waals surface area contributed by atoms with Crippen LogP contribution in [-0.2, 0) is 0 Å². The molecule has 4 amide bonds. The molecule has 37 heavy (non-hydrogen) atoms. The van der Waals surface area contributed by atoms with Crippen LogP contribution in [0.25, 0.3) is 0 Å². The minimum absolute atomic E-state index is 0.115. The van der Waals surface area contributed by atoms with Gasteiger partial charge in [-0.3, -0.25) is 0 Å². The van der Waals surface area contributed by atoms with Gasteiger partial charge in [-0.15, -0.1) is 0 Å². The molecule has 192 valence electrons. The second-order valence-electron chi connectivity index (χ2n) is 9.51. The maximum Gasteiger partial charge on any atom is 0.321 e. The quantitative estimate of drug-likeness (QED) is 0.547. The molecule has 8 heteroatoms. The molecule has 3 aromatic rings. The molecule has 0 radical (unpaired) electrons. The van der Waals surface area contributed by atoms with Crippen molar-refractivity contribution in [2.24, 2.45) is 0 Å². The fourth-order valence-electron chi connectivity index (χ4n) is 4.84. The molecule has 0 aliphatic carbocycles. The Balaban J connectivity index is 1.13. The van der Waals surface area contributed by atoms with Crippen LogP contribution in [0.1, 0.15) is 5.56 Å². The lowest BCUT2D eigenvalue weighted by Gasteiger charge is -2.36. The number of carbonyl (C=O) groups is 2. The van der Waals surface area contributed by atoms with Crippen LogP contribution in [-0.4, -0.2) is 74.2 Å². The number of hydrogen-bond donors (Lipinski definition) is 2. The van der Waals surface area contributed by atoms with E-state index in [1.165, 1.54) is 11.4 Å². The lowest BCUT2D eigenvalue weighted by molar-refractivity contribution is 0.207. The summed E-state index contributed by atoms with van der Waals surface area (Å²) in [6.07, 6.45) is 0. The number of nitrogens with zero attached hydrogens (tertiary/aromatic N) is 4. The highest BCUT2D eigenvalue weighted by Gasteiger charge is 2.23. The molecule has 0 unspecified atom stereocenters. The van der Waals surface area contributed by atoms with Crippen molar-refractivity contribution in [1.82, 2.24) is 9.80 Å². The van der Waals surface area contributed by atoms with Gasteiger partial charge in [0.25, 0.3) is 0 Å². The minimum atomic E-state index is -0.120. The van der Waals surface area contributed by atoms with Crippen LogP contribution in [0.3, 0.4) is 0 Å². The second-order valence-corrected chi connectivity index (χ2v) is 9.51. The van der Waals surface area contributed by atoms with Crippen LogP contribution >= 0.6 is 0 Å². The molecule has 2 N–H and O–H groups in total. The van der Waals surface area contributed by atoms with E-state index in [1.54, 1.807) is 0 Å². The maximum atomic E-state index is 13.0. The Hall–Kier alpha value is -4.20. The average Bonchev–Trinajstić information content (AvgIpc) is 2.96. The molecule has 0 spiro atoms. The normalized spacial score (nSPS) is 15.9. The van der Waals surface area contributed by atoms with Gasteiger partial charge in [-0.1, -0.05) is 42.5 Å². The fourth-order valence-corrected chi connectivity index (χ4v) is 4.84. The van der Waals surface area contributed by atoms with E-state index in [1.807, 2.05) is 71.3 Å². The zero-order valence-corrected chi connectivity index (χ0v) is 21.3. The first kappa shape index (κ1) is 24.5. The van der Waals surface area contributed by atoms with Crippen molar-refractivity contribution < 1.29 is 9.59 Å². The molecular weight excluding hydrogens is 464 g/mol. The van der Waals surface area contributed by atoms with Gasteiger partial charge in [-0.25, -0.2) is 9.59 Å². The highest BCUT2D eigenvalue weighted by molar-refractivity contribution is 5.93. The Bertz CT molecular complexity index is 1200. The summed E-state index contributed by atoms with van der Waals surface area (Å²) in [6, 6.07) is 26.0. The first-order chi connectivity index (χ1) is 18.1. The lowest BCUT2D eigenvalue weighted by Crippen LogP contribution is -2.50. The monoisotopic (exact) mass is 498 g/mol. The van der Waals surface area contributed by atoms with Crippen molar-refractivity contribution in [3.05, 3.63) is 84.4 Å². The first-order valence-corrected chi connectivity index (χ1v) is 12.9. The predicted octanol–water partition coefficient (Wildman–Crippen LogP) is 4.70. The van der Waals surface area contributed by atoms with Crippen LogP contribution in [0.15, 0.2) is 78.9 Å². The van der Waals surface area contributed by atoms with E-state index in [4.69, 9.17) is 0 Å². The molecule has 2 aliphatic heterocycles. The van der Waals surface area contributed by atoms with Gasteiger partial charge >= 0.3 is 12.1 Å². The molecule has 8 nitrogen and oxygen atoms in total. The number of anilines is 4. The molecule has 3 aromatic carbocycles. The summed E-state index contributed by atoms with van der Waals surface area (Å²) in [7, 11) is 0. The number of piperazine rings is 2. The lowest BCUT2D eigenvalue weighted by atomic mass is 10.1. The third-order valence-electron chi connectivity index (χ3n) is 7.11. The van der Waals surface area contributed by atoms with Crippen molar-refractivity contribution in [1.29, 1.82) is 0 Å². The molecule has 2 fully saturated rings. The molecular formula is C29H34N6O2. The highest BCUT2D eigenvalue weighted by atomic mass is 16.2. The summed E-state index contributed by atoms with van der Waals surface area (Å²) >= 11 is 0. The van der Waals surface area contributed by atoms with Gasteiger partial charge in [0.1, 0.15) is 0 Å². The molecule has 0 atom stereocenters. The number of para-hydroxylation sites is 2. The van der Waals surface area contributed by atoms with Crippen LogP contribution in [0.5, 0.6) is 0 Å². The van der Waals surface area contributed by atoms with E-state index in [0.717, 1.165) is 31.7 Å². The zero-order valence-electron chi connectivity index (χ0n) is 21.3. The molecule has 2 aliphatic rings. The van der Waals surface area contributed by atoms with Crippen molar-refractivity contribution in [2.45, 2.75) is 6.92 Å². The SMILES string of the molecule is Cc1ccc(NC(=O)N2CCN(c3ccccc3)CC2)cc1NC(=O)N1CCN(c2ccccc2)CC1. The van der Waals surface area contributed by atoms with E-state index in [2.05, 4.69) is 44.7 Å². The third-order valence-corrected chi connectivity index (χ3v) is 7.11. The van der Waals surface area contributed by atoms with Crippen molar-refractivity contribution in [3.8, 4) is 0 Å². The van der Waals surface area contributed by atoms with E-state index < -0.39 is 0 Å². The second kappa shape index (κ2) is 11.2. The Morgan fingerprint density at radius 1 is 0.595 bits per heavy atom. The maximum absolute atomic E-state index is 13.0. The van der Waals surface area contributed by atoms with Crippen LogP contribution in [0.4, 0.5) is 32.3 Å². The summed E-state index contributed by atoms with van der Waals surface area (Å²) in [6.45, 7) is 7.77. The number of urea groups is 2. The highest BCUT2D eigenvalue weighted by Crippen LogP contribution is 2.23. The topological polar surface area (TPSA) is 71.2 Å². The number of nitrogens with one attached hydrogen (secondary N) is 2. The molecule has 0 saturated carbocycles. The smallest absolute Gasteiger partial charge is 0.321 e. The minimum Gasteiger partial charge on any atom is -0.368 e. The van der Waals surface area contributed by atoms with Crippen molar-refractivity contribution in [3.63, 3.8) is 0 Å². The van der Waals surface area contributed by atoms with Gasteiger partial charge < -0.3 is 30.2 Å². The summed E-state index contributed by atoms with van der Waals surface area (Å²) in [5, 5.41) is 6.06. The number of hydrogen-bond acceptors (Lipinski definition) is 4. The molecule has 2 heterocycles. The summed E-state index contributed by atoms with van der Waals surface area (Å²) in [5.74, 6) is 0. The average molecular weight is 499 g/mol. The fraction of sp³-hybridized carbons (Fsp3) is 0.310. The Morgan fingerprint density at radius 3 is 1.54 bits per heavy atom. The van der Waals surface area contributed by atoms with E-state index >= 15 is 0 Å². The Kier molecular flexibility index (Phi) is 7.44. The third kappa shape index (κ3) is 5.97. The zero-order chi connectivity index (χ0) is 25.6. The Morgan fingerprint density at radius 2 is 1.05 bits per heavy atom. The van der Waals surface area contributed by atoms with Gasteiger partial charge in [0, 0.05) is 75.1 Å². The molecule has 5 rings (SSSR count). The number of carbonyl (C=O) groups excluding carboxylic acids is 2. The molecule has 0 bridgehead atoms. The van der Waals surface area contributed by atoms with Gasteiger partial charge in [0.05, 0.1) is 0 Å². The summed E-state index contributed by atoms with van der Waals surface area (Å²) in [4.78, 5) is 34.2. The van der Waals surface area contributed by atoms with E-state index in [-0.39, 0.29) is 12.1 Å². The first-order valence-electron chi connectivity index (χ1n) is 12.9. The van der Waals surface area contributed by atoms with Gasteiger partial charge in [-0.2, -0.15) is 0 Å². The molecule has 2 saturated heterocycles. The van der Waals surface area contributed by atoms with E-state index in [0.29, 0.717) is 37.6 Å². The van der Waals surface area contributed by atoms with E-state index in [9.17, 15) is 9.59 Å². The van der Waals surface area contributed by atoms with Gasteiger partial charge in [0.2, 0.25) is 0 Å². The van der Waals surface area contributed by atoms with Gasteiger partial charge in [-0.05, 0) is 48.9 Å². The predicted molar refractivity (Wildman–Crippen MR) is 150 cm³/mol. The van der Waals surface area contributed by atoms with Crippen molar-refractivity contribution >= 4 is 34.8 Å². The Labute approximate surface area is 218 Å². The largest absolute Gasteiger partial charge is 0.368 e. The number of aryl methyl sites for hydroxylation is 1. The van der Waals surface area contributed by atoms with Crippen LogP contribution in [0, 0.1) is 6.92 Å². The summed E-state index contributed by atoms with van der Waals surface area (Å²) in [5.41, 5.74) is 4.70. The number of rotatable bonds is 4. The number of benzene rings is 3. The van der Waals surface area contributed by atoms with Crippen molar-refractivity contribution in [2.75, 3.05) is 72.8 Å².